The van der Waals surface area contributed by atoms with E-state index < -0.39 is 6.04 Å². The molecule has 0 aromatic heterocycles. The van der Waals surface area contributed by atoms with Gasteiger partial charge in [-0.2, -0.15) is 0 Å². The fourth-order valence-electron chi connectivity index (χ4n) is 3.13. The topological polar surface area (TPSA) is 58.6 Å². The van der Waals surface area contributed by atoms with E-state index in [0.717, 1.165) is 11.3 Å². The van der Waals surface area contributed by atoms with E-state index in [1.807, 2.05) is 24.3 Å². The van der Waals surface area contributed by atoms with Gasteiger partial charge in [0.15, 0.2) is 0 Å². The Balaban J connectivity index is 1.61. The van der Waals surface area contributed by atoms with Crippen LogP contribution in [0.4, 0.5) is 10.1 Å². The van der Waals surface area contributed by atoms with Crippen LogP contribution in [0.5, 0.6) is 5.75 Å². The van der Waals surface area contributed by atoms with E-state index in [-0.39, 0.29) is 17.6 Å². The summed E-state index contributed by atoms with van der Waals surface area (Å²) in [5, 5.41) is 2.89. The van der Waals surface area contributed by atoms with E-state index in [9.17, 15) is 14.0 Å². The summed E-state index contributed by atoms with van der Waals surface area (Å²) in [4.78, 5) is 26.2. The largest absolute Gasteiger partial charge is 0.497 e. The summed E-state index contributed by atoms with van der Waals surface area (Å²) in [7, 11) is 1.61. The van der Waals surface area contributed by atoms with E-state index in [4.69, 9.17) is 4.74 Å². The number of carbonyl (C=O) groups is 2. The van der Waals surface area contributed by atoms with Crippen molar-refractivity contribution in [3.63, 3.8) is 0 Å². The van der Waals surface area contributed by atoms with Crippen LogP contribution >= 0.6 is 0 Å². The molecular weight excluding hydrogens is 335 g/mol. The van der Waals surface area contributed by atoms with E-state index in [2.05, 4.69) is 5.32 Å². The van der Waals surface area contributed by atoms with Crippen LogP contribution in [0.15, 0.2) is 48.5 Å². The summed E-state index contributed by atoms with van der Waals surface area (Å²) in [5.41, 5.74) is 1.60. The third-order valence-electron chi connectivity index (χ3n) is 4.47. The number of carbonyl (C=O) groups excluding carboxylic acids is 2. The van der Waals surface area contributed by atoms with Gasteiger partial charge >= 0.3 is 0 Å². The van der Waals surface area contributed by atoms with E-state index in [0.29, 0.717) is 31.5 Å². The maximum absolute atomic E-state index is 13.1. The fourth-order valence-corrected chi connectivity index (χ4v) is 3.13. The molecule has 1 fully saturated rings. The minimum atomic E-state index is -0.557. The molecular formula is C20H21FN2O3. The molecule has 1 unspecified atom stereocenters. The van der Waals surface area contributed by atoms with Gasteiger partial charge in [0, 0.05) is 18.7 Å². The van der Waals surface area contributed by atoms with Crippen LogP contribution in [-0.2, 0) is 16.0 Å². The summed E-state index contributed by atoms with van der Waals surface area (Å²) >= 11 is 0. The maximum Gasteiger partial charge on any atom is 0.243 e. The Morgan fingerprint density at radius 2 is 2.04 bits per heavy atom. The second-order valence-corrected chi connectivity index (χ2v) is 6.19. The first kappa shape index (κ1) is 17.9. The molecule has 136 valence electrons. The van der Waals surface area contributed by atoms with Crippen LogP contribution in [0.1, 0.15) is 18.4 Å². The van der Waals surface area contributed by atoms with E-state index >= 15 is 0 Å². The van der Waals surface area contributed by atoms with Crippen molar-refractivity contribution in [3.8, 4) is 5.75 Å². The number of amides is 2. The Hall–Kier alpha value is -2.89. The van der Waals surface area contributed by atoms with Gasteiger partial charge in [0.1, 0.15) is 17.6 Å². The lowest BCUT2D eigenvalue weighted by molar-refractivity contribution is -0.123. The number of nitrogens with zero attached hydrogens (tertiary/aromatic N) is 1. The van der Waals surface area contributed by atoms with Gasteiger partial charge < -0.3 is 10.1 Å². The molecule has 0 radical (unpaired) electrons. The molecule has 1 aliphatic heterocycles. The van der Waals surface area contributed by atoms with Crippen molar-refractivity contribution in [2.24, 2.45) is 0 Å². The number of nitrogens with one attached hydrogen (secondary N) is 1. The van der Waals surface area contributed by atoms with Crippen molar-refractivity contribution in [3.05, 3.63) is 59.9 Å². The Bertz CT molecular complexity index is 792. The summed E-state index contributed by atoms with van der Waals surface area (Å²) < 4.78 is 18.3. The van der Waals surface area contributed by atoms with E-state index in [1.165, 1.54) is 29.2 Å². The van der Waals surface area contributed by atoms with Gasteiger partial charge in [-0.15, -0.1) is 0 Å². The summed E-state index contributed by atoms with van der Waals surface area (Å²) in [5.74, 6) is 0.0880. The van der Waals surface area contributed by atoms with Gasteiger partial charge in [-0.25, -0.2) is 4.39 Å². The number of ether oxygens (including phenoxy) is 1. The van der Waals surface area contributed by atoms with Gasteiger partial charge in [0.25, 0.3) is 0 Å². The molecule has 26 heavy (non-hydrogen) atoms. The molecule has 3 rings (SSSR count). The fraction of sp³-hybridized carbons (Fsp3) is 0.300. The maximum atomic E-state index is 13.1. The van der Waals surface area contributed by atoms with Gasteiger partial charge in [0.2, 0.25) is 11.8 Å². The zero-order valence-electron chi connectivity index (χ0n) is 14.6. The second kappa shape index (κ2) is 7.99. The second-order valence-electron chi connectivity index (χ2n) is 6.19. The van der Waals surface area contributed by atoms with Gasteiger partial charge in [-0.1, -0.05) is 12.1 Å². The lowest BCUT2D eigenvalue weighted by Gasteiger charge is -2.24. The lowest BCUT2D eigenvalue weighted by Crippen LogP contribution is -2.45. The molecule has 1 saturated heterocycles. The standard InChI is InChI=1S/C20H21FN2O3/c1-26-17-4-2-3-14(13-17)11-12-22-20(25)18-9-10-19(24)23(18)16-7-5-15(21)6-8-16/h2-8,13,18H,9-12H2,1H3,(H,22,25). The Morgan fingerprint density at radius 1 is 1.27 bits per heavy atom. The lowest BCUT2D eigenvalue weighted by atomic mass is 10.1. The first-order valence-electron chi connectivity index (χ1n) is 8.57. The molecule has 0 saturated carbocycles. The van der Waals surface area contributed by atoms with Crippen molar-refractivity contribution in [2.45, 2.75) is 25.3 Å². The molecule has 1 heterocycles. The normalized spacial score (nSPS) is 16.6. The number of rotatable bonds is 6. The van der Waals surface area contributed by atoms with Crippen molar-refractivity contribution >= 4 is 17.5 Å². The van der Waals surface area contributed by atoms with Gasteiger partial charge in [-0.05, 0) is 54.8 Å². The quantitative estimate of drug-likeness (QED) is 0.866. The number of anilines is 1. The summed E-state index contributed by atoms with van der Waals surface area (Å²) in [6.45, 7) is 0.466. The molecule has 0 spiro atoms. The van der Waals surface area contributed by atoms with Crippen LogP contribution in [-0.4, -0.2) is 31.5 Å². The molecule has 5 nitrogen and oxygen atoms in total. The summed E-state index contributed by atoms with van der Waals surface area (Å²) in [6.07, 6.45) is 1.44. The molecule has 1 N–H and O–H groups in total. The highest BCUT2D eigenvalue weighted by atomic mass is 19.1. The average Bonchev–Trinajstić information content (AvgIpc) is 3.04. The SMILES string of the molecule is COc1cccc(CCNC(=O)C2CCC(=O)N2c2ccc(F)cc2)c1. The molecule has 2 aromatic rings. The van der Waals surface area contributed by atoms with Crippen molar-refractivity contribution in [1.29, 1.82) is 0 Å². The highest BCUT2D eigenvalue weighted by molar-refractivity contribution is 6.03. The molecule has 6 heteroatoms. The molecule has 1 aliphatic rings. The number of hydrogen-bond donors (Lipinski definition) is 1. The van der Waals surface area contributed by atoms with Gasteiger partial charge in [-0.3, -0.25) is 14.5 Å². The zero-order chi connectivity index (χ0) is 18.5. The Labute approximate surface area is 151 Å². The zero-order valence-corrected chi connectivity index (χ0v) is 14.6. The molecule has 1 atom stereocenters. The first-order valence-corrected chi connectivity index (χ1v) is 8.57. The average molecular weight is 356 g/mol. The minimum Gasteiger partial charge on any atom is -0.497 e. The van der Waals surface area contributed by atoms with Crippen LogP contribution < -0.4 is 15.0 Å². The Morgan fingerprint density at radius 3 is 2.77 bits per heavy atom. The predicted molar refractivity (Wildman–Crippen MR) is 96.6 cm³/mol. The number of methoxy groups -OCH3 is 1. The minimum absolute atomic E-state index is 0.121. The van der Waals surface area contributed by atoms with Crippen LogP contribution in [0.25, 0.3) is 0 Å². The highest BCUT2D eigenvalue weighted by Gasteiger charge is 2.36. The smallest absolute Gasteiger partial charge is 0.243 e. The molecule has 0 bridgehead atoms. The number of hydrogen-bond acceptors (Lipinski definition) is 3. The Kier molecular flexibility index (Phi) is 5.51. The van der Waals surface area contributed by atoms with Gasteiger partial charge in [0.05, 0.1) is 7.11 Å². The third kappa shape index (κ3) is 4.02. The first-order chi connectivity index (χ1) is 12.6. The molecule has 2 aromatic carbocycles. The monoisotopic (exact) mass is 356 g/mol. The van der Waals surface area contributed by atoms with Crippen LogP contribution in [0, 0.1) is 5.82 Å². The van der Waals surface area contributed by atoms with Crippen molar-refractivity contribution in [2.75, 3.05) is 18.6 Å². The molecule has 2 amide bonds. The summed E-state index contributed by atoms with van der Waals surface area (Å²) in [6, 6.07) is 12.7. The van der Waals surface area contributed by atoms with Crippen LogP contribution in [0.2, 0.25) is 0 Å². The van der Waals surface area contributed by atoms with Crippen molar-refractivity contribution in [1.82, 2.24) is 5.32 Å². The third-order valence-corrected chi connectivity index (χ3v) is 4.47. The highest BCUT2D eigenvalue weighted by Crippen LogP contribution is 2.27. The van der Waals surface area contributed by atoms with Crippen LogP contribution in [0.3, 0.4) is 0 Å². The van der Waals surface area contributed by atoms with E-state index in [1.54, 1.807) is 7.11 Å². The number of halogens is 1. The predicted octanol–water partition coefficient (Wildman–Crippen LogP) is 2.69. The van der Waals surface area contributed by atoms with Crippen molar-refractivity contribution < 1.29 is 18.7 Å². The number of benzene rings is 2. The molecule has 0 aliphatic carbocycles.